The van der Waals surface area contributed by atoms with E-state index in [-0.39, 0.29) is 17.2 Å². The molecule has 0 amide bonds. The molecule has 1 aliphatic heterocycles. The van der Waals surface area contributed by atoms with Crippen molar-refractivity contribution in [2.45, 2.75) is 6.18 Å². The summed E-state index contributed by atoms with van der Waals surface area (Å²) in [4.78, 5) is 22.4. The van der Waals surface area contributed by atoms with Crippen molar-refractivity contribution in [1.82, 2.24) is 24.9 Å². The number of rotatable bonds is 4. The average molecular weight is 468 g/mol. The lowest BCUT2D eigenvalue weighted by atomic mass is 10.1. The smallest absolute Gasteiger partial charge is 0.378 e. The third-order valence-electron chi connectivity index (χ3n) is 5.22. The van der Waals surface area contributed by atoms with Crippen molar-refractivity contribution in [2.75, 3.05) is 42.3 Å². The number of halogens is 3. The van der Waals surface area contributed by atoms with E-state index < -0.39 is 17.8 Å². The van der Waals surface area contributed by atoms with E-state index in [0.717, 1.165) is 17.1 Å². The summed E-state index contributed by atoms with van der Waals surface area (Å²) in [5, 5.41) is 4.04. The molecule has 0 spiro atoms. The highest BCUT2D eigenvalue weighted by molar-refractivity contribution is 5.82. The summed E-state index contributed by atoms with van der Waals surface area (Å²) >= 11 is 0. The lowest BCUT2D eigenvalue weighted by molar-refractivity contribution is -0.140. The molecule has 1 saturated heterocycles. The molecule has 1 aliphatic rings. The highest BCUT2D eigenvalue weighted by Gasteiger charge is 2.37. The zero-order valence-corrected chi connectivity index (χ0v) is 17.8. The molecule has 174 valence electrons. The molecule has 0 aliphatic carbocycles. The zero-order chi connectivity index (χ0) is 23.7. The third kappa shape index (κ3) is 4.53. The maximum atomic E-state index is 13.7. The Bertz CT molecular complexity index is 1340. The van der Waals surface area contributed by atoms with Gasteiger partial charge in [0.25, 0.3) is 0 Å². The number of fused-ring (bicyclic) bond motifs is 1. The molecule has 1 aromatic carbocycles. The van der Waals surface area contributed by atoms with Crippen LogP contribution in [0.5, 0.6) is 0 Å². The van der Waals surface area contributed by atoms with E-state index in [1.54, 1.807) is 6.20 Å². The van der Waals surface area contributed by atoms with Crippen LogP contribution < -0.4 is 16.0 Å². The van der Waals surface area contributed by atoms with Crippen molar-refractivity contribution in [3.8, 4) is 11.3 Å². The summed E-state index contributed by atoms with van der Waals surface area (Å²) in [5.41, 5.74) is 5.43. The van der Waals surface area contributed by atoms with Crippen molar-refractivity contribution in [1.29, 1.82) is 0 Å². The first-order valence-corrected chi connectivity index (χ1v) is 10.4. The molecule has 3 N–H and O–H groups in total. The van der Waals surface area contributed by atoms with Crippen molar-refractivity contribution in [3.63, 3.8) is 0 Å². The van der Waals surface area contributed by atoms with Crippen LogP contribution in [0.3, 0.4) is 0 Å². The summed E-state index contributed by atoms with van der Waals surface area (Å²) < 4.78 is 46.6. The Labute approximate surface area is 191 Å². The number of nitrogen functional groups attached to an aromatic ring is 1. The molecule has 12 heteroatoms. The minimum absolute atomic E-state index is 0.0139. The summed E-state index contributed by atoms with van der Waals surface area (Å²) in [6, 6.07) is 10.9. The van der Waals surface area contributed by atoms with Crippen LogP contribution in [0.2, 0.25) is 0 Å². The molecule has 0 bridgehead atoms. The molecule has 0 unspecified atom stereocenters. The second-order valence-electron chi connectivity index (χ2n) is 7.57. The van der Waals surface area contributed by atoms with Gasteiger partial charge in [-0.25, -0.2) is 15.0 Å². The molecule has 4 aromatic rings. The van der Waals surface area contributed by atoms with E-state index in [1.165, 1.54) is 6.07 Å². The molecule has 9 nitrogen and oxygen atoms in total. The van der Waals surface area contributed by atoms with Gasteiger partial charge in [0.2, 0.25) is 11.9 Å². The first-order chi connectivity index (χ1) is 16.4. The number of morpholine rings is 1. The SMILES string of the molecule is Nc1ncc(-c2cc(Nc3cnc4ccccc4c3)nc(N3CCOCC3)n2)c(C(F)(F)F)n1. The largest absolute Gasteiger partial charge is 0.434 e. The number of benzene rings is 1. The monoisotopic (exact) mass is 468 g/mol. The van der Waals surface area contributed by atoms with Crippen LogP contribution in [-0.4, -0.2) is 51.2 Å². The molecular weight excluding hydrogens is 449 g/mol. The fourth-order valence-electron chi connectivity index (χ4n) is 3.63. The number of hydrogen-bond donors (Lipinski definition) is 2. The van der Waals surface area contributed by atoms with Crippen LogP contribution in [-0.2, 0) is 10.9 Å². The molecule has 0 saturated carbocycles. The molecule has 34 heavy (non-hydrogen) atoms. The number of pyridine rings is 1. The lowest BCUT2D eigenvalue weighted by Gasteiger charge is -2.27. The van der Waals surface area contributed by atoms with Gasteiger partial charge in [-0.05, 0) is 12.1 Å². The van der Waals surface area contributed by atoms with Gasteiger partial charge in [0.05, 0.1) is 36.3 Å². The van der Waals surface area contributed by atoms with Crippen LogP contribution in [0, 0.1) is 0 Å². The number of para-hydroxylation sites is 1. The number of ether oxygens (including phenoxy) is 1. The highest BCUT2D eigenvalue weighted by atomic mass is 19.4. The number of hydrogen-bond acceptors (Lipinski definition) is 9. The molecule has 0 atom stereocenters. The first-order valence-electron chi connectivity index (χ1n) is 10.4. The van der Waals surface area contributed by atoms with Crippen LogP contribution in [0.15, 0.2) is 48.8 Å². The summed E-state index contributed by atoms with van der Waals surface area (Å²) in [6.07, 6.45) is -2.09. The molecule has 4 heterocycles. The predicted molar refractivity (Wildman–Crippen MR) is 121 cm³/mol. The Hall–Kier alpha value is -4.06. The fourth-order valence-corrected chi connectivity index (χ4v) is 3.63. The lowest BCUT2D eigenvalue weighted by Crippen LogP contribution is -2.37. The molecule has 3 aromatic heterocycles. The Morgan fingerprint density at radius 2 is 1.76 bits per heavy atom. The topological polar surface area (TPSA) is 115 Å². The van der Waals surface area contributed by atoms with Gasteiger partial charge >= 0.3 is 6.18 Å². The minimum Gasteiger partial charge on any atom is -0.378 e. The standard InChI is InChI=1S/C22H19F3N8O/c23-22(24,25)19-15(12-28-20(26)32-19)17-10-18(31-21(30-17)33-5-7-34-8-6-33)29-14-9-13-3-1-2-4-16(13)27-11-14/h1-4,9-12H,5-8H2,(H2,26,28,32)(H,29,30,31). The summed E-state index contributed by atoms with van der Waals surface area (Å²) in [7, 11) is 0. The second-order valence-corrected chi connectivity index (χ2v) is 7.57. The van der Waals surface area contributed by atoms with Gasteiger partial charge in [-0.2, -0.15) is 18.2 Å². The van der Waals surface area contributed by atoms with E-state index in [1.807, 2.05) is 35.2 Å². The van der Waals surface area contributed by atoms with Crippen molar-refractivity contribution in [3.05, 3.63) is 54.5 Å². The molecule has 5 rings (SSSR count). The second kappa shape index (κ2) is 8.71. The highest BCUT2D eigenvalue weighted by Crippen LogP contribution is 2.36. The van der Waals surface area contributed by atoms with Crippen molar-refractivity contribution < 1.29 is 17.9 Å². The van der Waals surface area contributed by atoms with Crippen LogP contribution in [0.1, 0.15) is 5.69 Å². The normalized spacial score (nSPS) is 14.4. The first kappa shape index (κ1) is 21.8. The number of alkyl halides is 3. The van der Waals surface area contributed by atoms with E-state index in [2.05, 4.69) is 30.2 Å². The average Bonchev–Trinajstić information content (AvgIpc) is 2.84. The zero-order valence-electron chi connectivity index (χ0n) is 17.8. The maximum Gasteiger partial charge on any atom is 0.434 e. The summed E-state index contributed by atoms with van der Waals surface area (Å²) in [6.45, 7) is 1.93. The maximum absolute atomic E-state index is 13.7. The van der Waals surface area contributed by atoms with Gasteiger partial charge < -0.3 is 20.7 Å². The Kier molecular flexibility index (Phi) is 5.57. The van der Waals surface area contributed by atoms with E-state index in [9.17, 15) is 13.2 Å². The van der Waals surface area contributed by atoms with Gasteiger partial charge in [0.15, 0.2) is 5.69 Å². The third-order valence-corrected chi connectivity index (χ3v) is 5.22. The van der Waals surface area contributed by atoms with Crippen LogP contribution in [0.4, 0.5) is 36.6 Å². The Morgan fingerprint density at radius 3 is 2.56 bits per heavy atom. The van der Waals surface area contributed by atoms with Crippen LogP contribution >= 0.6 is 0 Å². The van der Waals surface area contributed by atoms with Gasteiger partial charge in [-0.15, -0.1) is 0 Å². The van der Waals surface area contributed by atoms with Gasteiger partial charge in [0, 0.05) is 36.3 Å². The molecule has 0 radical (unpaired) electrons. The Morgan fingerprint density at radius 1 is 0.971 bits per heavy atom. The van der Waals surface area contributed by atoms with Gasteiger partial charge in [0.1, 0.15) is 5.82 Å². The van der Waals surface area contributed by atoms with E-state index >= 15 is 0 Å². The van der Waals surface area contributed by atoms with Crippen LogP contribution in [0.25, 0.3) is 22.2 Å². The quantitative estimate of drug-likeness (QED) is 0.463. The summed E-state index contributed by atoms with van der Waals surface area (Å²) in [5.74, 6) is 0.0923. The fraction of sp³-hybridized carbons (Fsp3) is 0.227. The van der Waals surface area contributed by atoms with Gasteiger partial charge in [-0.3, -0.25) is 4.98 Å². The van der Waals surface area contributed by atoms with Gasteiger partial charge in [-0.1, -0.05) is 18.2 Å². The van der Waals surface area contributed by atoms with Crippen molar-refractivity contribution >= 4 is 34.3 Å². The Balaban J connectivity index is 1.60. The molecular formula is C22H19F3N8O. The van der Waals surface area contributed by atoms with E-state index in [4.69, 9.17) is 10.5 Å². The number of nitrogens with two attached hydrogens (primary N) is 1. The van der Waals surface area contributed by atoms with Crippen molar-refractivity contribution in [2.24, 2.45) is 0 Å². The van der Waals surface area contributed by atoms with E-state index in [0.29, 0.717) is 37.8 Å². The number of nitrogens with zero attached hydrogens (tertiary/aromatic N) is 6. The minimum atomic E-state index is -4.74. The predicted octanol–water partition coefficient (Wildman–Crippen LogP) is 3.66. The number of anilines is 4. The number of aromatic nitrogens is 5. The number of nitrogens with one attached hydrogen (secondary N) is 1. The molecule has 1 fully saturated rings.